The van der Waals surface area contributed by atoms with E-state index in [1.54, 1.807) is 0 Å². The molecule has 0 aliphatic rings. The lowest BCUT2D eigenvalue weighted by Crippen LogP contribution is -2.19. The van der Waals surface area contributed by atoms with E-state index in [0.29, 0.717) is 0 Å². The Kier molecular flexibility index (Phi) is 4.82. The molecule has 2 N–H and O–H groups in total. The predicted octanol–water partition coefficient (Wildman–Crippen LogP) is -1.04. The number of nitrogens with one attached hydrogen (secondary N) is 1. The van der Waals surface area contributed by atoms with Crippen LogP contribution in [0.4, 0.5) is 0 Å². The van der Waals surface area contributed by atoms with Gasteiger partial charge in [-0.2, -0.15) is 8.42 Å². The molecule has 0 atom stereocenters. The molecule has 0 heterocycles. The molecular weight excluding hydrogens is 218 g/mol. The summed E-state index contributed by atoms with van der Waals surface area (Å²) in [5.74, 6) is -1.55. The van der Waals surface area contributed by atoms with Gasteiger partial charge in [-0.1, -0.05) is 0 Å². The summed E-state index contributed by atoms with van der Waals surface area (Å²) in [6, 6.07) is 0. The molecule has 0 spiro atoms. The molecule has 6 nitrogen and oxygen atoms in total. The topological polar surface area (TPSA) is 112 Å². The Hall–Kier alpha value is -0.180. The summed E-state index contributed by atoms with van der Waals surface area (Å²) in [5, 5.41) is 0. The molecule has 79 valence electrons. The molecule has 0 saturated heterocycles. The van der Waals surface area contributed by atoms with Gasteiger partial charge in [0.2, 0.25) is 0 Å². The molecule has 0 aliphatic heterocycles. The van der Waals surface area contributed by atoms with Crippen molar-refractivity contribution in [3.8, 4) is 0 Å². The Morgan fingerprint density at radius 1 is 1.00 bits per heavy atom. The highest BCUT2D eigenvalue weighted by atomic mass is 32.2. The fraction of sp³-hybridized carbons (Fsp3) is 1.00. The molecular formula is C5H12NO5S2. The minimum Gasteiger partial charge on any atom is -0.286 e. The maximum atomic E-state index is 11.0. The van der Waals surface area contributed by atoms with Gasteiger partial charge < -0.3 is 0 Å². The zero-order valence-electron chi connectivity index (χ0n) is 6.93. The van der Waals surface area contributed by atoms with E-state index in [-0.39, 0.29) is 18.7 Å². The molecule has 0 bridgehead atoms. The first-order chi connectivity index (χ1) is 5.77. The van der Waals surface area contributed by atoms with Crippen LogP contribution in [0, 0.1) is 0 Å². The molecule has 8 heteroatoms. The molecule has 0 unspecified atom stereocenters. The Balaban J connectivity index is 4.05. The monoisotopic (exact) mass is 230 g/mol. The largest absolute Gasteiger partial charge is 0.286 e. The molecule has 0 amide bonds. The quantitative estimate of drug-likeness (QED) is 0.586. The van der Waals surface area contributed by atoms with Gasteiger partial charge in [0.05, 0.1) is 17.3 Å². The SMILES string of the molecule is [NH]CCCS(=O)(=O)CCS(=O)(=O)O. The summed E-state index contributed by atoms with van der Waals surface area (Å²) in [4.78, 5) is 0. The number of hydrogen-bond donors (Lipinski definition) is 1. The third-order valence-corrected chi connectivity index (χ3v) is 4.00. The average Bonchev–Trinajstić information content (AvgIpc) is 1.97. The van der Waals surface area contributed by atoms with E-state index in [1.807, 2.05) is 0 Å². The second-order valence-corrected chi connectivity index (χ2v) is 6.42. The lowest BCUT2D eigenvalue weighted by atomic mass is 10.5. The molecule has 13 heavy (non-hydrogen) atoms. The van der Waals surface area contributed by atoms with Crippen molar-refractivity contribution in [2.24, 2.45) is 0 Å². The van der Waals surface area contributed by atoms with Gasteiger partial charge in [0.25, 0.3) is 10.1 Å². The van der Waals surface area contributed by atoms with Crippen LogP contribution in [0.25, 0.3) is 0 Å². The van der Waals surface area contributed by atoms with Gasteiger partial charge in [0, 0.05) is 6.54 Å². The van der Waals surface area contributed by atoms with Crippen molar-refractivity contribution in [1.29, 1.82) is 0 Å². The molecule has 0 aromatic carbocycles. The third-order valence-electron chi connectivity index (χ3n) is 1.28. The van der Waals surface area contributed by atoms with Crippen molar-refractivity contribution >= 4 is 20.0 Å². The van der Waals surface area contributed by atoms with Gasteiger partial charge in [-0.3, -0.25) is 10.3 Å². The van der Waals surface area contributed by atoms with Crippen LogP contribution in [-0.4, -0.2) is 45.2 Å². The molecule has 0 saturated carbocycles. The molecule has 0 aromatic heterocycles. The Labute approximate surface area is 77.8 Å². The van der Waals surface area contributed by atoms with Crippen LogP contribution >= 0.6 is 0 Å². The van der Waals surface area contributed by atoms with Gasteiger partial charge >= 0.3 is 0 Å². The van der Waals surface area contributed by atoms with Gasteiger partial charge in [0.15, 0.2) is 9.84 Å². The fourth-order valence-corrected chi connectivity index (χ4v) is 3.27. The maximum absolute atomic E-state index is 11.0. The average molecular weight is 230 g/mol. The molecule has 0 aromatic rings. The van der Waals surface area contributed by atoms with E-state index in [2.05, 4.69) is 0 Å². The third kappa shape index (κ3) is 8.16. The van der Waals surface area contributed by atoms with Crippen LogP contribution < -0.4 is 5.73 Å². The summed E-state index contributed by atoms with van der Waals surface area (Å²) in [5.41, 5.74) is 6.71. The Morgan fingerprint density at radius 2 is 1.54 bits per heavy atom. The predicted molar refractivity (Wildman–Crippen MR) is 47.7 cm³/mol. The Morgan fingerprint density at radius 3 is 1.92 bits per heavy atom. The molecule has 0 aliphatic carbocycles. The van der Waals surface area contributed by atoms with Gasteiger partial charge in [-0.05, 0) is 6.42 Å². The lowest BCUT2D eigenvalue weighted by Gasteiger charge is -2.00. The minimum absolute atomic E-state index is 0.00882. The van der Waals surface area contributed by atoms with E-state index in [9.17, 15) is 16.8 Å². The number of sulfone groups is 1. The van der Waals surface area contributed by atoms with E-state index >= 15 is 0 Å². The zero-order valence-corrected chi connectivity index (χ0v) is 8.57. The smallest absolute Gasteiger partial charge is 0.265 e. The summed E-state index contributed by atoms with van der Waals surface area (Å²) < 4.78 is 50.6. The van der Waals surface area contributed by atoms with Gasteiger partial charge in [0.1, 0.15) is 0 Å². The molecule has 0 rings (SSSR count). The minimum atomic E-state index is -4.21. The summed E-state index contributed by atoms with van der Waals surface area (Å²) in [6.07, 6.45) is 0.188. The first-order valence-corrected chi connectivity index (χ1v) is 7.00. The van der Waals surface area contributed by atoms with Gasteiger partial charge in [-0.25, -0.2) is 8.42 Å². The van der Waals surface area contributed by atoms with Crippen molar-refractivity contribution < 1.29 is 21.4 Å². The summed E-state index contributed by atoms with van der Waals surface area (Å²) in [7, 11) is -7.64. The fourth-order valence-electron chi connectivity index (χ4n) is 0.626. The van der Waals surface area contributed by atoms with Crippen molar-refractivity contribution in [1.82, 2.24) is 5.73 Å². The maximum Gasteiger partial charge on any atom is 0.265 e. The van der Waals surface area contributed by atoms with Gasteiger partial charge in [-0.15, -0.1) is 0 Å². The summed E-state index contributed by atoms with van der Waals surface area (Å²) >= 11 is 0. The highest BCUT2D eigenvalue weighted by Crippen LogP contribution is 1.95. The van der Waals surface area contributed by atoms with E-state index in [1.165, 1.54) is 0 Å². The number of hydrogen-bond acceptors (Lipinski definition) is 4. The van der Waals surface area contributed by atoms with E-state index in [4.69, 9.17) is 10.3 Å². The van der Waals surface area contributed by atoms with Crippen LogP contribution in [0.3, 0.4) is 0 Å². The number of rotatable bonds is 6. The van der Waals surface area contributed by atoms with Crippen LogP contribution in [0.1, 0.15) is 6.42 Å². The van der Waals surface area contributed by atoms with Crippen LogP contribution in [0.5, 0.6) is 0 Å². The highest BCUT2D eigenvalue weighted by Gasteiger charge is 2.14. The highest BCUT2D eigenvalue weighted by molar-refractivity contribution is 7.93. The van der Waals surface area contributed by atoms with E-state index in [0.717, 1.165) is 0 Å². The Bertz CT molecular complexity index is 330. The van der Waals surface area contributed by atoms with Crippen molar-refractivity contribution in [3.05, 3.63) is 0 Å². The van der Waals surface area contributed by atoms with Crippen molar-refractivity contribution in [2.75, 3.05) is 23.8 Å². The first-order valence-electron chi connectivity index (χ1n) is 3.57. The van der Waals surface area contributed by atoms with Crippen molar-refractivity contribution in [2.45, 2.75) is 6.42 Å². The first kappa shape index (κ1) is 12.8. The molecule has 0 fully saturated rings. The standard InChI is InChI=1S/C5H12NO5S2/c6-2-1-3-12(7,8)4-5-13(9,10)11/h6H,1-5H2,(H,9,10,11). The lowest BCUT2D eigenvalue weighted by molar-refractivity contribution is 0.484. The summed E-state index contributed by atoms with van der Waals surface area (Å²) in [6.45, 7) is -0.00882. The van der Waals surface area contributed by atoms with Crippen LogP contribution in [0.2, 0.25) is 0 Å². The molecule has 1 radical (unpaired) electrons. The van der Waals surface area contributed by atoms with Crippen molar-refractivity contribution in [3.63, 3.8) is 0 Å². The van der Waals surface area contributed by atoms with Crippen LogP contribution in [0.15, 0.2) is 0 Å². The van der Waals surface area contributed by atoms with Crippen LogP contribution in [-0.2, 0) is 20.0 Å². The zero-order chi connectivity index (χ0) is 10.5. The normalized spacial score (nSPS) is 13.1. The second-order valence-electron chi connectivity index (χ2n) is 2.54. The van der Waals surface area contributed by atoms with E-state index < -0.39 is 31.5 Å². The second kappa shape index (κ2) is 4.89.